The summed E-state index contributed by atoms with van der Waals surface area (Å²) in [5.74, 6) is 0.524. The minimum Gasteiger partial charge on any atom is -0.465 e. The maximum absolute atomic E-state index is 12.6. The Hall–Kier alpha value is -3.43. The highest BCUT2D eigenvalue weighted by Crippen LogP contribution is 2.32. The van der Waals surface area contributed by atoms with E-state index in [9.17, 15) is 9.59 Å². The van der Waals surface area contributed by atoms with Gasteiger partial charge in [0.25, 0.3) is 5.91 Å². The second-order valence-corrected chi connectivity index (χ2v) is 7.81. The van der Waals surface area contributed by atoms with Crippen molar-refractivity contribution in [1.82, 2.24) is 4.57 Å². The van der Waals surface area contributed by atoms with Crippen molar-refractivity contribution in [3.05, 3.63) is 58.4 Å². The number of thiazole rings is 1. The molecule has 0 spiro atoms. The summed E-state index contributed by atoms with van der Waals surface area (Å²) < 4.78 is 23.7. The fraction of sp³-hybridized carbons (Fsp3) is 0.261. The second kappa shape index (κ2) is 9.80. The number of fused-ring (bicyclic) bond motifs is 2. The van der Waals surface area contributed by atoms with Gasteiger partial charge in [-0.05, 0) is 48.9 Å². The Kier molecular flexibility index (Phi) is 6.67. The Balaban J connectivity index is 1.64. The first-order valence-corrected chi connectivity index (χ1v) is 10.9. The molecule has 9 heteroatoms. The number of hydrogen-bond donors (Lipinski definition) is 0. The average molecular weight is 455 g/mol. The Bertz CT molecular complexity index is 1260. The molecule has 0 saturated heterocycles. The van der Waals surface area contributed by atoms with Gasteiger partial charge >= 0.3 is 5.97 Å². The molecule has 0 bridgehead atoms. The molecule has 0 N–H and O–H groups in total. The summed E-state index contributed by atoms with van der Waals surface area (Å²) in [6.45, 7) is 3.73. The molecule has 0 saturated carbocycles. The Morgan fingerprint density at radius 3 is 2.84 bits per heavy atom. The van der Waals surface area contributed by atoms with Crippen molar-refractivity contribution >= 4 is 39.5 Å². The molecule has 0 radical (unpaired) electrons. The van der Waals surface area contributed by atoms with Crippen LogP contribution < -0.4 is 14.3 Å². The average Bonchev–Trinajstić information content (AvgIpc) is 3.41. The Morgan fingerprint density at radius 2 is 2.03 bits per heavy atom. The monoisotopic (exact) mass is 454 g/mol. The molecule has 166 valence electrons. The van der Waals surface area contributed by atoms with Crippen molar-refractivity contribution in [1.29, 1.82) is 0 Å². The molecule has 3 aromatic rings. The maximum atomic E-state index is 12.6. The fourth-order valence-corrected chi connectivity index (χ4v) is 4.34. The smallest absolute Gasteiger partial charge is 0.337 e. The van der Waals surface area contributed by atoms with Crippen LogP contribution in [0, 0.1) is 0 Å². The molecular formula is C23H22N2O6S. The van der Waals surface area contributed by atoms with Crippen LogP contribution in [0.1, 0.15) is 22.8 Å². The lowest BCUT2D eigenvalue weighted by atomic mass is 10.2. The normalized spacial score (nSPS) is 13.2. The number of methoxy groups -OCH3 is 1. The van der Waals surface area contributed by atoms with Crippen LogP contribution >= 0.6 is 11.3 Å². The van der Waals surface area contributed by atoms with Crippen molar-refractivity contribution in [2.24, 2.45) is 4.99 Å². The zero-order valence-corrected chi connectivity index (χ0v) is 18.5. The van der Waals surface area contributed by atoms with Crippen LogP contribution in [-0.2, 0) is 20.8 Å². The Morgan fingerprint density at radius 1 is 1.19 bits per heavy atom. The molecule has 0 unspecified atom stereocenters. The number of hydrogen-bond acceptors (Lipinski definition) is 7. The minimum absolute atomic E-state index is 0.197. The summed E-state index contributed by atoms with van der Waals surface area (Å²) in [6, 6.07) is 10.7. The third-order valence-corrected chi connectivity index (χ3v) is 5.83. The number of amides is 1. The van der Waals surface area contributed by atoms with E-state index in [0.29, 0.717) is 41.6 Å². The van der Waals surface area contributed by atoms with Crippen molar-refractivity contribution < 1.29 is 28.5 Å². The van der Waals surface area contributed by atoms with Gasteiger partial charge in [-0.15, -0.1) is 0 Å². The molecular weight excluding hydrogens is 432 g/mol. The molecule has 2 heterocycles. The van der Waals surface area contributed by atoms with Crippen LogP contribution in [0.5, 0.6) is 11.5 Å². The van der Waals surface area contributed by atoms with Gasteiger partial charge in [0.15, 0.2) is 16.3 Å². The summed E-state index contributed by atoms with van der Waals surface area (Å²) in [6.07, 6.45) is 3.09. The number of carbonyl (C=O) groups is 2. The van der Waals surface area contributed by atoms with Crippen LogP contribution in [0.3, 0.4) is 0 Å². The number of aromatic nitrogens is 1. The van der Waals surface area contributed by atoms with E-state index in [4.69, 9.17) is 18.9 Å². The second-order valence-electron chi connectivity index (χ2n) is 6.80. The predicted octanol–water partition coefficient (Wildman–Crippen LogP) is 3.40. The van der Waals surface area contributed by atoms with Gasteiger partial charge in [0.05, 0.1) is 29.5 Å². The first kappa shape index (κ1) is 21.8. The van der Waals surface area contributed by atoms with Gasteiger partial charge in [-0.25, -0.2) is 4.79 Å². The third kappa shape index (κ3) is 4.74. The van der Waals surface area contributed by atoms with E-state index in [1.807, 2.05) is 29.7 Å². The molecule has 0 aliphatic carbocycles. The summed E-state index contributed by atoms with van der Waals surface area (Å²) in [4.78, 5) is 29.3. The number of esters is 1. The van der Waals surface area contributed by atoms with Gasteiger partial charge in [0.2, 0.25) is 6.79 Å². The number of benzene rings is 2. The highest BCUT2D eigenvalue weighted by Gasteiger charge is 2.13. The lowest BCUT2D eigenvalue weighted by Gasteiger charge is -2.05. The molecule has 1 amide bonds. The van der Waals surface area contributed by atoms with E-state index in [2.05, 4.69) is 4.99 Å². The van der Waals surface area contributed by atoms with E-state index >= 15 is 0 Å². The quantitative estimate of drug-likeness (QED) is 0.309. The standard InChI is InChI=1S/C23H22N2O6S/c1-3-29-11-10-25-17-7-6-16(22(27)28-2)13-20(17)32-23(25)24-21(26)9-5-15-4-8-18-19(12-15)31-14-30-18/h4-9,12-13H,3,10-11,14H2,1-2H3/b9-5-,24-23?. The number of nitrogens with zero attached hydrogens (tertiary/aromatic N) is 2. The topological polar surface area (TPSA) is 88.4 Å². The fourth-order valence-electron chi connectivity index (χ4n) is 3.24. The van der Waals surface area contributed by atoms with Gasteiger partial charge in [-0.3, -0.25) is 4.79 Å². The number of ether oxygens (including phenoxy) is 4. The summed E-state index contributed by atoms with van der Waals surface area (Å²) in [7, 11) is 1.34. The molecule has 1 aliphatic heterocycles. The first-order chi connectivity index (χ1) is 15.6. The Labute approximate surface area is 188 Å². The van der Waals surface area contributed by atoms with E-state index in [-0.39, 0.29) is 6.79 Å². The molecule has 8 nitrogen and oxygen atoms in total. The maximum Gasteiger partial charge on any atom is 0.337 e. The van der Waals surface area contributed by atoms with E-state index in [1.54, 1.807) is 24.3 Å². The third-order valence-electron chi connectivity index (χ3n) is 4.79. The first-order valence-electron chi connectivity index (χ1n) is 10.0. The van der Waals surface area contributed by atoms with E-state index in [0.717, 1.165) is 15.8 Å². The number of rotatable bonds is 7. The largest absolute Gasteiger partial charge is 0.465 e. The van der Waals surface area contributed by atoms with Crippen LogP contribution in [0.15, 0.2) is 47.5 Å². The molecule has 0 atom stereocenters. The van der Waals surface area contributed by atoms with Crippen molar-refractivity contribution in [3.8, 4) is 11.5 Å². The minimum atomic E-state index is -0.414. The van der Waals surface area contributed by atoms with Gasteiger partial charge in [0, 0.05) is 19.2 Å². The van der Waals surface area contributed by atoms with Crippen molar-refractivity contribution in [2.75, 3.05) is 27.1 Å². The molecule has 1 aliphatic rings. The zero-order valence-electron chi connectivity index (χ0n) is 17.7. The lowest BCUT2D eigenvalue weighted by Crippen LogP contribution is -2.19. The summed E-state index contributed by atoms with van der Waals surface area (Å²) >= 11 is 1.33. The van der Waals surface area contributed by atoms with Gasteiger partial charge in [-0.2, -0.15) is 4.99 Å². The molecule has 2 aromatic carbocycles. The van der Waals surface area contributed by atoms with Gasteiger partial charge < -0.3 is 23.5 Å². The van der Waals surface area contributed by atoms with Crippen LogP contribution in [-0.4, -0.2) is 43.6 Å². The predicted molar refractivity (Wildman–Crippen MR) is 120 cm³/mol. The highest BCUT2D eigenvalue weighted by atomic mass is 32.1. The van der Waals surface area contributed by atoms with E-state index in [1.165, 1.54) is 24.5 Å². The molecule has 4 rings (SSSR count). The molecule has 1 aromatic heterocycles. The van der Waals surface area contributed by atoms with Gasteiger partial charge in [0.1, 0.15) is 0 Å². The molecule has 0 fully saturated rings. The van der Waals surface area contributed by atoms with Crippen LogP contribution in [0.2, 0.25) is 0 Å². The van der Waals surface area contributed by atoms with Gasteiger partial charge in [-0.1, -0.05) is 17.4 Å². The highest BCUT2D eigenvalue weighted by molar-refractivity contribution is 7.16. The number of carbonyl (C=O) groups excluding carboxylic acids is 2. The van der Waals surface area contributed by atoms with E-state index < -0.39 is 11.9 Å². The molecule has 32 heavy (non-hydrogen) atoms. The van der Waals surface area contributed by atoms with Crippen LogP contribution in [0.25, 0.3) is 16.3 Å². The van der Waals surface area contributed by atoms with Crippen LogP contribution in [0.4, 0.5) is 0 Å². The summed E-state index contributed by atoms with van der Waals surface area (Å²) in [5.41, 5.74) is 2.12. The summed E-state index contributed by atoms with van der Waals surface area (Å²) in [5, 5.41) is 0. The van der Waals surface area contributed by atoms with Crippen molar-refractivity contribution in [3.63, 3.8) is 0 Å². The SMILES string of the molecule is CCOCCn1c(=NC(=O)/C=C\c2ccc3c(c2)OCO3)sc2cc(C(=O)OC)ccc21. The zero-order chi connectivity index (χ0) is 22.5. The van der Waals surface area contributed by atoms with Crippen molar-refractivity contribution in [2.45, 2.75) is 13.5 Å². The lowest BCUT2D eigenvalue weighted by molar-refractivity contribution is -0.113.